The standard InChI is InChI=1S/C15H27N5O2/c1-3-13-9-19(10-14(4-2)22-13)15-16-17-18-20(15)7-8-21-11-12-5-6-12/h12-14H,3-11H2,1-2H3. The highest BCUT2D eigenvalue weighted by Gasteiger charge is 2.29. The average molecular weight is 309 g/mol. The van der Waals surface area contributed by atoms with Crippen LogP contribution >= 0.6 is 0 Å². The Balaban J connectivity index is 1.56. The molecule has 2 unspecified atom stereocenters. The van der Waals surface area contributed by atoms with Gasteiger partial charge in [-0.15, -0.1) is 0 Å². The summed E-state index contributed by atoms with van der Waals surface area (Å²) in [6, 6.07) is 0. The van der Waals surface area contributed by atoms with E-state index in [9.17, 15) is 0 Å². The minimum Gasteiger partial charge on any atom is -0.379 e. The molecule has 2 fully saturated rings. The summed E-state index contributed by atoms with van der Waals surface area (Å²) in [7, 11) is 0. The second-order valence-corrected chi connectivity index (χ2v) is 6.32. The van der Waals surface area contributed by atoms with E-state index in [1.165, 1.54) is 12.8 Å². The molecule has 1 saturated heterocycles. The van der Waals surface area contributed by atoms with E-state index in [2.05, 4.69) is 34.3 Å². The summed E-state index contributed by atoms with van der Waals surface area (Å²) in [5, 5.41) is 12.2. The first-order valence-corrected chi connectivity index (χ1v) is 8.54. The lowest BCUT2D eigenvalue weighted by atomic mass is 10.1. The topological polar surface area (TPSA) is 65.3 Å². The Hall–Kier alpha value is -1.21. The van der Waals surface area contributed by atoms with E-state index in [0.29, 0.717) is 13.2 Å². The van der Waals surface area contributed by atoms with Crippen molar-refractivity contribution in [2.24, 2.45) is 5.92 Å². The first kappa shape index (κ1) is 15.7. The Morgan fingerprint density at radius 2 is 1.91 bits per heavy atom. The van der Waals surface area contributed by atoms with Crippen molar-refractivity contribution in [3.05, 3.63) is 0 Å². The molecule has 1 aromatic heterocycles. The van der Waals surface area contributed by atoms with Gasteiger partial charge in [-0.2, -0.15) is 0 Å². The van der Waals surface area contributed by atoms with E-state index < -0.39 is 0 Å². The number of morpholine rings is 1. The highest BCUT2D eigenvalue weighted by molar-refractivity contribution is 5.29. The Bertz CT molecular complexity index is 451. The molecule has 0 spiro atoms. The molecular formula is C15H27N5O2. The van der Waals surface area contributed by atoms with Crippen LogP contribution in [0, 0.1) is 5.92 Å². The maximum atomic E-state index is 6.04. The average Bonchev–Trinajstić information content (AvgIpc) is 3.27. The predicted octanol–water partition coefficient (Wildman–Crippen LogP) is 1.49. The third-order valence-electron chi connectivity index (χ3n) is 4.44. The van der Waals surface area contributed by atoms with Gasteiger partial charge in [0.25, 0.3) is 0 Å². The van der Waals surface area contributed by atoms with Crippen molar-refractivity contribution in [3.8, 4) is 0 Å². The molecule has 0 bridgehead atoms. The zero-order valence-electron chi connectivity index (χ0n) is 13.6. The predicted molar refractivity (Wildman–Crippen MR) is 82.8 cm³/mol. The molecule has 0 radical (unpaired) electrons. The van der Waals surface area contributed by atoms with Gasteiger partial charge in [0, 0.05) is 19.7 Å². The van der Waals surface area contributed by atoms with Crippen LogP contribution < -0.4 is 4.90 Å². The normalized spacial score (nSPS) is 25.6. The second kappa shape index (κ2) is 7.37. The summed E-state index contributed by atoms with van der Waals surface area (Å²) in [5.41, 5.74) is 0. The summed E-state index contributed by atoms with van der Waals surface area (Å²) < 4.78 is 13.6. The summed E-state index contributed by atoms with van der Waals surface area (Å²) in [6.45, 7) is 8.30. The van der Waals surface area contributed by atoms with E-state index in [0.717, 1.165) is 44.4 Å². The van der Waals surface area contributed by atoms with Crippen molar-refractivity contribution in [1.29, 1.82) is 0 Å². The van der Waals surface area contributed by atoms with Gasteiger partial charge in [0.2, 0.25) is 5.95 Å². The molecule has 1 aliphatic carbocycles. The molecule has 1 saturated carbocycles. The maximum Gasteiger partial charge on any atom is 0.245 e. The molecule has 0 N–H and O–H groups in total. The first-order chi connectivity index (χ1) is 10.8. The largest absolute Gasteiger partial charge is 0.379 e. The highest BCUT2D eigenvalue weighted by atomic mass is 16.5. The van der Waals surface area contributed by atoms with Crippen LogP contribution in [0.1, 0.15) is 39.5 Å². The highest BCUT2D eigenvalue weighted by Crippen LogP contribution is 2.28. The number of hydrogen-bond acceptors (Lipinski definition) is 6. The van der Waals surface area contributed by atoms with E-state index in [-0.39, 0.29) is 12.2 Å². The van der Waals surface area contributed by atoms with Gasteiger partial charge in [-0.05, 0) is 42.0 Å². The summed E-state index contributed by atoms with van der Waals surface area (Å²) in [6.07, 6.45) is 5.18. The fraction of sp³-hybridized carbons (Fsp3) is 0.933. The van der Waals surface area contributed by atoms with Crippen LogP contribution in [0.2, 0.25) is 0 Å². The molecule has 7 heteroatoms. The summed E-state index contributed by atoms with van der Waals surface area (Å²) in [4.78, 5) is 2.26. The van der Waals surface area contributed by atoms with Crippen molar-refractivity contribution in [2.45, 2.75) is 58.3 Å². The van der Waals surface area contributed by atoms with Crippen LogP contribution in [0.3, 0.4) is 0 Å². The molecule has 3 rings (SSSR count). The Morgan fingerprint density at radius 3 is 2.55 bits per heavy atom. The van der Waals surface area contributed by atoms with Crippen LogP contribution in [0.25, 0.3) is 0 Å². The van der Waals surface area contributed by atoms with Gasteiger partial charge < -0.3 is 14.4 Å². The fourth-order valence-electron chi connectivity index (χ4n) is 2.79. The van der Waals surface area contributed by atoms with Gasteiger partial charge in [0.15, 0.2) is 0 Å². The third-order valence-corrected chi connectivity index (χ3v) is 4.44. The van der Waals surface area contributed by atoms with Gasteiger partial charge in [-0.1, -0.05) is 18.9 Å². The molecule has 2 heterocycles. The van der Waals surface area contributed by atoms with Gasteiger partial charge in [-0.25, -0.2) is 4.68 Å². The SMILES string of the molecule is CCC1CN(c2nnnn2CCOCC2CC2)CC(CC)O1. The van der Waals surface area contributed by atoms with Crippen molar-refractivity contribution in [3.63, 3.8) is 0 Å². The molecule has 1 aromatic rings. The number of anilines is 1. The number of ether oxygens (including phenoxy) is 2. The van der Waals surface area contributed by atoms with Gasteiger partial charge >= 0.3 is 0 Å². The molecule has 124 valence electrons. The molecule has 2 aliphatic rings. The van der Waals surface area contributed by atoms with Crippen molar-refractivity contribution < 1.29 is 9.47 Å². The molecular weight excluding hydrogens is 282 g/mol. The lowest BCUT2D eigenvalue weighted by Crippen LogP contribution is -2.48. The number of hydrogen-bond donors (Lipinski definition) is 0. The molecule has 1 aliphatic heterocycles. The molecule has 0 aromatic carbocycles. The van der Waals surface area contributed by atoms with Gasteiger partial charge in [-0.3, -0.25) is 0 Å². The van der Waals surface area contributed by atoms with Crippen molar-refractivity contribution in [2.75, 3.05) is 31.2 Å². The summed E-state index contributed by atoms with van der Waals surface area (Å²) >= 11 is 0. The minimum atomic E-state index is 0.259. The van der Waals surface area contributed by atoms with Crippen LogP contribution in [0.5, 0.6) is 0 Å². The Kier molecular flexibility index (Phi) is 5.25. The zero-order valence-corrected chi connectivity index (χ0v) is 13.6. The van der Waals surface area contributed by atoms with E-state index in [1.807, 2.05) is 4.68 Å². The second-order valence-electron chi connectivity index (χ2n) is 6.32. The van der Waals surface area contributed by atoms with Gasteiger partial charge in [0.1, 0.15) is 0 Å². The van der Waals surface area contributed by atoms with Crippen LogP contribution in [0.15, 0.2) is 0 Å². The van der Waals surface area contributed by atoms with Crippen LogP contribution in [-0.4, -0.2) is 58.7 Å². The zero-order chi connectivity index (χ0) is 15.4. The fourth-order valence-corrected chi connectivity index (χ4v) is 2.79. The number of aromatic nitrogens is 4. The lowest BCUT2D eigenvalue weighted by Gasteiger charge is -2.37. The van der Waals surface area contributed by atoms with Crippen molar-refractivity contribution in [1.82, 2.24) is 20.2 Å². The lowest BCUT2D eigenvalue weighted by molar-refractivity contribution is -0.0292. The first-order valence-electron chi connectivity index (χ1n) is 8.54. The Morgan fingerprint density at radius 1 is 1.18 bits per heavy atom. The minimum absolute atomic E-state index is 0.259. The Labute approximate surface area is 131 Å². The molecule has 22 heavy (non-hydrogen) atoms. The van der Waals surface area contributed by atoms with E-state index in [4.69, 9.17) is 9.47 Å². The van der Waals surface area contributed by atoms with Crippen LogP contribution in [-0.2, 0) is 16.0 Å². The maximum absolute atomic E-state index is 6.04. The van der Waals surface area contributed by atoms with E-state index >= 15 is 0 Å². The third kappa shape index (κ3) is 3.95. The number of tetrazole rings is 1. The van der Waals surface area contributed by atoms with Crippen molar-refractivity contribution >= 4 is 5.95 Å². The van der Waals surface area contributed by atoms with Crippen LogP contribution in [0.4, 0.5) is 5.95 Å². The van der Waals surface area contributed by atoms with Gasteiger partial charge in [0.05, 0.1) is 25.4 Å². The smallest absolute Gasteiger partial charge is 0.245 e. The molecule has 0 amide bonds. The molecule has 7 nitrogen and oxygen atoms in total. The number of nitrogens with zero attached hydrogens (tertiary/aromatic N) is 5. The molecule has 2 atom stereocenters. The quantitative estimate of drug-likeness (QED) is 0.678. The van der Waals surface area contributed by atoms with E-state index in [1.54, 1.807) is 0 Å². The summed E-state index contributed by atoms with van der Waals surface area (Å²) in [5.74, 6) is 1.64. The monoisotopic (exact) mass is 309 g/mol. The number of rotatable bonds is 8.